The summed E-state index contributed by atoms with van der Waals surface area (Å²) in [6.45, 7) is 0. The summed E-state index contributed by atoms with van der Waals surface area (Å²) in [5.74, 6) is 0. The van der Waals surface area contributed by atoms with Gasteiger partial charge in [0.05, 0.1) is 0 Å². The molecule has 1 nitrogen and oxygen atoms in total. The van der Waals surface area contributed by atoms with Gasteiger partial charge in [-0.1, -0.05) is 121 Å². The molecule has 0 radical (unpaired) electrons. The van der Waals surface area contributed by atoms with Crippen molar-refractivity contribution in [3.05, 3.63) is 150 Å². The molecule has 0 amide bonds. The van der Waals surface area contributed by atoms with E-state index < -0.39 is 6.15 Å². The Morgan fingerprint density at radius 1 is 0.412 bits per heavy atom. The highest BCUT2D eigenvalue weighted by atomic mass is 35.5. The van der Waals surface area contributed by atoms with Crippen LogP contribution in [0.3, 0.4) is 0 Å². The second kappa shape index (κ2) is 11.2. The zero-order valence-electron chi connectivity index (χ0n) is 19.1. The lowest BCUT2D eigenvalue weighted by molar-refractivity contribution is -0.667. The molecule has 0 fully saturated rings. The molecule has 0 unspecified atom stereocenters. The van der Waals surface area contributed by atoms with E-state index in [0.29, 0.717) is 10.3 Å². The summed E-state index contributed by atoms with van der Waals surface area (Å²) in [6.07, 6.45) is -1.22. The van der Waals surface area contributed by atoms with Gasteiger partial charge in [0, 0.05) is 12.1 Å². The molecule has 0 aliphatic rings. The minimum atomic E-state index is -1.22. The van der Waals surface area contributed by atoms with Crippen molar-refractivity contribution in [1.82, 2.24) is 0 Å². The maximum absolute atomic E-state index is 5.69. The molecule has 168 valence electrons. The Balaban J connectivity index is 0.000000257. The van der Waals surface area contributed by atoms with Crippen molar-refractivity contribution in [3.8, 4) is 0 Å². The highest BCUT2D eigenvalue weighted by Crippen LogP contribution is 2.09. The number of rotatable bonds is 4. The zero-order chi connectivity index (χ0) is 23.8. The average Bonchev–Trinajstić information content (AvgIpc) is 2.91. The average molecular weight is 482 g/mol. The van der Waals surface area contributed by atoms with Crippen LogP contribution in [0.1, 0.15) is 0 Å². The third kappa shape index (κ3) is 4.94. The van der Waals surface area contributed by atoms with Gasteiger partial charge in [-0.15, -0.1) is 0 Å². The fraction of sp³-hybridized carbons (Fsp3) is 0.0333. The molecule has 1 aromatic heterocycles. The first-order valence-corrected chi connectivity index (χ1v) is 12.1. The molecule has 0 aliphatic carbocycles. The Kier molecular flexibility index (Phi) is 7.85. The summed E-state index contributed by atoms with van der Waals surface area (Å²) >= 11 is 11.4. The number of nitrogens with zero attached hydrogens (tertiary/aromatic N) is 1. The van der Waals surface area contributed by atoms with Crippen LogP contribution in [0.5, 0.6) is 0 Å². The Labute approximate surface area is 212 Å². The van der Waals surface area contributed by atoms with Crippen molar-refractivity contribution in [2.75, 3.05) is 0 Å². The van der Waals surface area contributed by atoms with Gasteiger partial charge in [0.25, 0.3) is 10.3 Å². The van der Waals surface area contributed by atoms with Crippen LogP contribution in [0, 0.1) is 0 Å². The largest absolute Gasteiger partial charge is 0.275 e. The molecule has 0 saturated carbocycles. The quantitative estimate of drug-likeness (QED) is 0.195. The van der Waals surface area contributed by atoms with Gasteiger partial charge in [-0.3, -0.25) is 0 Å². The topological polar surface area (TPSA) is 3.88 Å². The first-order valence-electron chi connectivity index (χ1n) is 11.3. The molecule has 0 saturated heterocycles. The first kappa shape index (κ1) is 23.8. The summed E-state index contributed by atoms with van der Waals surface area (Å²) < 4.78 is 1.70. The Morgan fingerprint density at radius 3 is 0.912 bits per heavy atom. The number of hydrogen-bond acceptors (Lipinski definition) is 0. The molecule has 0 N–H and O–H groups in total. The summed E-state index contributed by atoms with van der Waals surface area (Å²) in [5, 5.41) is 1.28. The van der Waals surface area contributed by atoms with E-state index >= 15 is 0 Å². The summed E-state index contributed by atoms with van der Waals surface area (Å²) in [5.41, 5.74) is 5.36. The van der Waals surface area contributed by atoms with Gasteiger partial charge in [0.15, 0.2) is 0 Å². The molecule has 0 spiro atoms. The molecular weight excluding hydrogens is 456 g/mol. The van der Waals surface area contributed by atoms with Crippen LogP contribution in [-0.2, 0) is 7.05 Å². The van der Waals surface area contributed by atoms with E-state index in [1.165, 1.54) is 21.9 Å². The van der Waals surface area contributed by atoms with E-state index in [1.54, 1.807) is 16.7 Å². The van der Waals surface area contributed by atoms with Gasteiger partial charge in [-0.05, 0) is 29.3 Å². The minimum Gasteiger partial charge on any atom is -0.195 e. The second-order valence-corrected chi connectivity index (χ2v) is 9.01. The maximum atomic E-state index is 5.69. The Hall–Kier alpha value is -3.33. The van der Waals surface area contributed by atoms with E-state index in [1.807, 2.05) is 13.1 Å². The molecule has 4 heteroatoms. The molecule has 0 aliphatic heterocycles. The SMILES string of the molecule is C[n+]1c(Cl)cccc1Cl.c1ccc([B-](c2ccccc2)(c2ccccc2)c2ccccc2)cc1. The van der Waals surface area contributed by atoms with Gasteiger partial charge in [0.2, 0.25) is 0 Å². The monoisotopic (exact) mass is 481 g/mol. The number of halogens is 2. The highest BCUT2D eigenvalue weighted by molar-refractivity contribution is 7.19. The van der Waals surface area contributed by atoms with Crippen molar-refractivity contribution >= 4 is 51.2 Å². The summed E-state index contributed by atoms with van der Waals surface area (Å²) in [7, 11) is 1.81. The van der Waals surface area contributed by atoms with Crippen molar-refractivity contribution in [1.29, 1.82) is 0 Å². The minimum absolute atomic E-state index is 0.641. The normalized spacial score (nSPS) is 10.8. The smallest absolute Gasteiger partial charge is 0.195 e. The molecule has 0 atom stereocenters. The maximum Gasteiger partial charge on any atom is 0.275 e. The van der Waals surface area contributed by atoms with Crippen LogP contribution in [0.4, 0.5) is 0 Å². The van der Waals surface area contributed by atoms with Crippen LogP contribution in [0.25, 0.3) is 0 Å². The van der Waals surface area contributed by atoms with Gasteiger partial charge >= 0.3 is 0 Å². The Bertz CT molecular complexity index is 1130. The molecule has 5 rings (SSSR count). The standard InChI is InChI=1S/C24H20B.C6H6Cl2N/c1-5-13-21(14-6-1)25(22-15-7-2-8-16-22,23-17-9-3-10-18-23)24-19-11-4-12-20-24;1-9-5(7)3-2-4-6(9)8/h1-20H;2-4H,1H3/q-1;+1. The van der Waals surface area contributed by atoms with Gasteiger partial charge in [0.1, 0.15) is 13.2 Å². The van der Waals surface area contributed by atoms with Crippen molar-refractivity contribution in [3.63, 3.8) is 0 Å². The molecule has 1 heterocycles. The predicted molar refractivity (Wildman–Crippen MR) is 148 cm³/mol. The van der Waals surface area contributed by atoms with Crippen molar-refractivity contribution in [2.45, 2.75) is 0 Å². The van der Waals surface area contributed by atoms with Crippen LogP contribution in [-0.4, -0.2) is 6.15 Å². The fourth-order valence-electron chi connectivity index (χ4n) is 4.65. The number of aromatic nitrogens is 1. The second-order valence-electron chi connectivity index (χ2n) is 8.24. The van der Waals surface area contributed by atoms with E-state index in [9.17, 15) is 0 Å². The fourth-order valence-corrected chi connectivity index (χ4v) is 5.02. The van der Waals surface area contributed by atoms with Crippen molar-refractivity contribution < 1.29 is 4.57 Å². The van der Waals surface area contributed by atoms with Crippen LogP contribution in [0.15, 0.2) is 140 Å². The van der Waals surface area contributed by atoms with Crippen LogP contribution >= 0.6 is 23.2 Å². The first-order chi connectivity index (χ1) is 16.6. The number of hydrogen-bond donors (Lipinski definition) is 0. The van der Waals surface area contributed by atoms with E-state index in [0.717, 1.165) is 0 Å². The summed E-state index contributed by atoms with van der Waals surface area (Å²) in [4.78, 5) is 0. The molecule has 0 bridgehead atoms. The third-order valence-electron chi connectivity index (χ3n) is 6.31. The van der Waals surface area contributed by atoms with Gasteiger partial charge in [-0.2, -0.15) is 26.4 Å². The van der Waals surface area contributed by atoms with E-state index in [-0.39, 0.29) is 0 Å². The number of benzene rings is 4. The molecular formula is C30H26BCl2N. The lowest BCUT2D eigenvalue weighted by atomic mass is 9.13. The van der Waals surface area contributed by atoms with Crippen LogP contribution in [0.2, 0.25) is 10.3 Å². The van der Waals surface area contributed by atoms with E-state index in [4.69, 9.17) is 23.2 Å². The van der Waals surface area contributed by atoms with Gasteiger partial charge < -0.3 is 0 Å². The number of pyridine rings is 1. The molecule has 5 aromatic rings. The van der Waals surface area contributed by atoms with Crippen LogP contribution < -0.4 is 26.4 Å². The van der Waals surface area contributed by atoms with Crippen molar-refractivity contribution in [2.24, 2.45) is 7.05 Å². The lowest BCUT2D eigenvalue weighted by Gasteiger charge is -2.44. The predicted octanol–water partition coefficient (Wildman–Crippen LogP) is 4.88. The van der Waals surface area contributed by atoms with Gasteiger partial charge in [-0.25, -0.2) is 0 Å². The summed E-state index contributed by atoms with van der Waals surface area (Å²) in [6, 6.07) is 48.9. The third-order valence-corrected chi connectivity index (χ3v) is 7.07. The van der Waals surface area contributed by atoms with E-state index in [2.05, 4.69) is 121 Å². The molecule has 4 aromatic carbocycles. The Morgan fingerprint density at radius 2 is 0.676 bits per heavy atom. The zero-order valence-corrected chi connectivity index (χ0v) is 20.6. The highest BCUT2D eigenvalue weighted by Gasteiger charge is 2.30. The lowest BCUT2D eigenvalue weighted by Crippen LogP contribution is -2.74. The molecule has 34 heavy (non-hydrogen) atoms.